The van der Waals surface area contributed by atoms with Crippen molar-refractivity contribution in [2.45, 2.75) is 76.9 Å². The second-order valence-corrected chi connectivity index (χ2v) is 13.9. The molecular formula is C40H40N4O. The molecule has 5 aromatic rings. The van der Waals surface area contributed by atoms with E-state index >= 15 is 0 Å². The summed E-state index contributed by atoms with van der Waals surface area (Å²) in [6.45, 7) is 10.1. The van der Waals surface area contributed by atoms with E-state index in [9.17, 15) is 4.79 Å². The van der Waals surface area contributed by atoms with Crippen LogP contribution in [-0.2, 0) is 11.3 Å². The molecule has 3 heterocycles. The quantitative estimate of drug-likeness (QED) is 0.226. The maximum atomic E-state index is 14.3. The molecular weight excluding hydrogens is 552 g/mol. The zero-order chi connectivity index (χ0) is 30.9. The molecule has 1 aromatic heterocycles. The summed E-state index contributed by atoms with van der Waals surface area (Å²) in [7, 11) is 0. The minimum atomic E-state index is -0.232. The fourth-order valence-electron chi connectivity index (χ4n) is 8.35. The third kappa shape index (κ3) is 4.59. The van der Waals surface area contributed by atoms with Gasteiger partial charge in [-0.05, 0) is 91.5 Å². The van der Waals surface area contributed by atoms with Crippen molar-refractivity contribution in [2.75, 3.05) is 10.2 Å². The molecule has 0 spiro atoms. The maximum Gasteiger partial charge on any atom is 0.209 e. The lowest BCUT2D eigenvalue weighted by Gasteiger charge is -2.48. The number of aromatic nitrogens is 2. The van der Waals surface area contributed by atoms with Crippen molar-refractivity contribution in [2.24, 2.45) is 0 Å². The number of fused-ring (bicyclic) bond motifs is 4. The summed E-state index contributed by atoms with van der Waals surface area (Å²) in [6.07, 6.45) is 2.38. The first-order valence-electron chi connectivity index (χ1n) is 16.3. The topological polar surface area (TPSA) is 50.2 Å². The first kappa shape index (κ1) is 27.9. The van der Waals surface area contributed by atoms with E-state index in [0.717, 1.165) is 53.2 Å². The number of nitrogens with zero attached hydrogens (tertiary/aromatic N) is 3. The molecule has 3 atom stereocenters. The lowest BCUT2D eigenvalue weighted by Crippen LogP contribution is -2.47. The number of rotatable bonds is 4. The molecule has 0 saturated carbocycles. The highest BCUT2D eigenvalue weighted by Crippen LogP contribution is 2.49. The smallest absolute Gasteiger partial charge is 0.209 e. The van der Waals surface area contributed by atoms with Crippen molar-refractivity contribution in [3.8, 4) is 0 Å². The van der Waals surface area contributed by atoms with Crippen LogP contribution in [0.1, 0.15) is 85.7 Å². The van der Waals surface area contributed by atoms with Gasteiger partial charge in [0.15, 0.2) is 5.78 Å². The SMILES string of the molecule is Cc1ccccc1[C@@H]1CC(=O)C2=C(C1)Nc1nc3ccccc3n1[C@@H]2c1ccc2c(c1)[C@@H](C)CC(C)(C)N2Cc1ccccc1. The number of para-hydroxylation sites is 2. The first-order valence-corrected chi connectivity index (χ1v) is 16.3. The van der Waals surface area contributed by atoms with Gasteiger partial charge in [0.05, 0.1) is 17.1 Å². The fourth-order valence-corrected chi connectivity index (χ4v) is 8.35. The van der Waals surface area contributed by atoms with Crippen LogP contribution in [0.4, 0.5) is 11.6 Å². The molecule has 0 radical (unpaired) electrons. The number of carbonyl (C=O) groups excluding carboxylic acids is 1. The molecule has 3 aliphatic rings. The Morgan fingerprint density at radius 3 is 2.47 bits per heavy atom. The highest BCUT2D eigenvalue weighted by Gasteiger charge is 2.41. The summed E-state index contributed by atoms with van der Waals surface area (Å²) >= 11 is 0. The normalized spacial score (nSPS) is 22.1. The van der Waals surface area contributed by atoms with Gasteiger partial charge in [-0.3, -0.25) is 9.36 Å². The second kappa shape index (κ2) is 10.5. The molecule has 0 fully saturated rings. The predicted molar refractivity (Wildman–Crippen MR) is 183 cm³/mol. The van der Waals surface area contributed by atoms with Crippen LogP contribution >= 0.6 is 0 Å². The molecule has 0 unspecified atom stereocenters. The van der Waals surface area contributed by atoms with Gasteiger partial charge in [0.25, 0.3) is 0 Å². The molecule has 5 heteroatoms. The number of benzene rings is 4. The second-order valence-electron chi connectivity index (χ2n) is 13.9. The Balaban J connectivity index is 1.27. The van der Waals surface area contributed by atoms with Crippen molar-refractivity contribution in [3.05, 3.63) is 136 Å². The zero-order valence-corrected chi connectivity index (χ0v) is 26.5. The van der Waals surface area contributed by atoms with Gasteiger partial charge in [0, 0.05) is 35.5 Å². The highest BCUT2D eigenvalue weighted by molar-refractivity contribution is 6.01. The molecule has 5 nitrogen and oxygen atoms in total. The Hall–Kier alpha value is -4.64. The molecule has 0 saturated heterocycles. The van der Waals surface area contributed by atoms with E-state index in [1.165, 1.54) is 27.9 Å². The number of nitrogens with one attached hydrogen (secondary N) is 1. The van der Waals surface area contributed by atoms with Gasteiger partial charge in [-0.2, -0.15) is 0 Å². The molecule has 1 aliphatic carbocycles. The van der Waals surface area contributed by atoms with Gasteiger partial charge in [-0.15, -0.1) is 0 Å². The molecule has 1 N–H and O–H groups in total. The average molecular weight is 593 g/mol. The van der Waals surface area contributed by atoms with E-state index in [4.69, 9.17) is 4.98 Å². The summed E-state index contributed by atoms with van der Waals surface area (Å²) in [5.74, 6) is 1.58. The van der Waals surface area contributed by atoms with Crippen LogP contribution < -0.4 is 10.2 Å². The van der Waals surface area contributed by atoms with E-state index in [2.05, 4.69) is 133 Å². The number of Topliss-reactive ketones (excluding diaryl/α,β-unsaturated/α-hetero) is 1. The summed E-state index contributed by atoms with van der Waals surface area (Å²) < 4.78 is 2.26. The fraction of sp³-hybridized carbons (Fsp3) is 0.300. The van der Waals surface area contributed by atoms with E-state index in [1.54, 1.807) is 0 Å². The largest absolute Gasteiger partial charge is 0.362 e. The van der Waals surface area contributed by atoms with Crippen LogP contribution in [0.3, 0.4) is 0 Å². The Morgan fingerprint density at radius 1 is 0.889 bits per heavy atom. The van der Waals surface area contributed by atoms with E-state index in [-0.39, 0.29) is 23.3 Å². The summed E-state index contributed by atoms with van der Waals surface area (Å²) in [4.78, 5) is 21.9. The Bertz CT molecular complexity index is 1980. The maximum absolute atomic E-state index is 14.3. The van der Waals surface area contributed by atoms with Crippen molar-refractivity contribution in [3.63, 3.8) is 0 Å². The third-order valence-corrected chi connectivity index (χ3v) is 10.4. The number of imidazole rings is 1. The number of hydrogen-bond donors (Lipinski definition) is 1. The molecule has 2 aliphatic heterocycles. The van der Waals surface area contributed by atoms with Crippen molar-refractivity contribution < 1.29 is 4.79 Å². The lowest BCUT2D eigenvalue weighted by molar-refractivity contribution is -0.116. The van der Waals surface area contributed by atoms with Gasteiger partial charge >= 0.3 is 0 Å². The van der Waals surface area contributed by atoms with Gasteiger partial charge in [0.2, 0.25) is 5.95 Å². The number of hydrogen-bond acceptors (Lipinski definition) is 4. The van der Waals surface area contributed by atoms with E-state index in [1.807, 2.05) is 6.07 Å². The van der Waals surface area contributed by atoms with Crippen LogP contribution in [0.2, 0.25) is 0 Å². The van der Waals surface area contributed by atoms with Crippen molar-refractivity contribution in [1.29, 1.82) is 0 Å². The predicted octanol–water partition coefficient (Wildman–Crippen LogP) is 9.05. The lowest BCUT2D eigenvalue weighted by atomic mass is 9.75. The number of ketones is 1. The number of anilines is 2. The zero-order valence-electron chi connectivity index (χ0n) is 26.5. The number of aryl methyl sites for hydroxylation is 1. The minimum Gasteiger partial charge on any atom is -0.362 e. The molecule has 8 rings (SSSR count). The molecule has 45 heavy (non-hydrogen) atoms. The minimum absolute atomic E-state index is 0.0197. The van der Waals surface area contributed by atoms with Crippen LogP contribution in [-0.4, -0.2) is 20.9 Å². The van der Waals surface area contributed by atoms with E-state index in [0.29, 0.717) is 12.3 Å². The van der Waals surface area contributed by atoms with Gasteiger partial charge in [-0.1, -0.05) is 85.8 Å². The average Bonchev–Trinajstić information content (AvgIpc) is 3.40. The van der Waals surface area contributed by atoms with Crippen LogP contribution in [0.25, 0.3) is 11.0 Å². The Morgan fingerprint density at radius 2 is 1.64 bits per heavy atom. The highest BCUT2D eigenvalue weighted by atomic mass is 16.1. The number of carbonyl (C=O) groups is 1. The van der Waals surface area contributed by atoms with Crippen LogP contribution in [0.15, 0.2) is 108 Å². The van der Waals surface area contributed by atoms with Gasteiger partial charge in [-0.25, -0.2) is 4.98 Å². The molecule has 0 amide bonds. The van der Waals surface area contributed by atoms with Crippen molar-refractivity contribution >= 4 is 28.5 Å². The first-order chi connectivity index (χ1) is 21.8. The molecule has 0 bridgehead atoms. The number of allylic oxidation sites excluding steroid dienone is 2. The Kier molecular flexibility index (Phi) is 6.49. The molecule has 4 aromatic carbocycles. The van der Waals surface area contributed by atoms with E-state index < -0.39 is 0 Å². The van der Waals surface area contributed by atoms with Gasteiger partial charge in [0.1, 0.15) is 0 Å². The summed E-state index contributed by atoms with van der Waals surface area (Å²) in [5.41, 5.74) is 11.5. The monoisotopic (exact) mass is 592 g/mol. The third-order valence-electron chi connectivity index (χ3n) is 10.4. The summed E-state index contributed by atoms with van der Waals surface area (Å²) in [6, 6.07) is 34.3. The van der Waals surface area contributed by atoms with Crippen LogP contribution in [0, 0.1) is 6.92 Å². The van der Waals surface area contributed by atoms with Crippen molar-refractivity contribution in [1.82, 2.24) is 9.55 Å². The van der Waals surface area contributed by atoms with Crippen LogP contribution in [0.5, 0.6) is 0 Å². The van der Waals surface area contributed by atoms with Gasteiger partial charge < -0.3 is 10.2 Å². The summed E-state index contributed by atoms with van der Waals surface area (Å²) in [5, 5.41) is 3.66. The Labute approximate surface area is 265 Å². The standard InChI is InChI=1S/C40H40N4O/c1-25-12-8-9-15-30(25)29-21-33-37(36(45)22-29)38(44-35-17-11-10-16-32(35)41-39(44)42-33)28-18-19-34-31(20-28)26(2)23-40(3,4)43(34)24-27-13-6-5-7-14-27/h5-20,26,29,38H,21-24H2,1-4H3,(H,41,42)/t26-,29-,38+/m0/s1. The molecule has 226 valence electrons.